The standard InChI is InChI=1S/C23H29BrN2O2/c1-16-6-8-18(9-7-16)14-21(27)26(15-19-10-12-20(24)13-11-19)17(2)22(28)25-23(3,4)5/h6-13,17H,14-15H2,1-5H3,(H,25,28)/t17-/m0/s1. The monoisotopic (exact) mass is 444 g/mol. The lowest BCUT2D eigenvalue weighted by Crippen LogP contribution is -2.52. The van der Waals surface area contributed by atoms with Gasteiger partial charge in [0.15, 0.2) is 0 Å². The summed E-state index contributed by atoms with van der Waals surface area (Å²) in [5.41, 5.74) is 2.73. The van der Waals surface area contributed by atoms with E-state index in [0.717, 1.165) is 21.2 Å². The van der Waals surface area contributed by atoms with Gasteiger partial charge in [0, 0.05) is 16.6 Å². The maximum atomic E-state index is 13.1. The van der Waals surface area contributed by atoms with Crippen molar-refractivity contribution < 1.29 is 9.59 Å². The predicted molar refractivity (Wildman–Crippen MR) is 117 cm³/mol. The lowest BCUT2D eigenvalue weighted by molar-refractivity contribution is -0.140. The Morgan fingerprint density at radius 2 is 1.54 bits per heavy atom. The van der Waals surface area contributed by atoms with E-state index in [1.807, 2.05) is 76.2 Å². The van der Waals surface area contributed by atoms with Gasteiger partial charge in [-0.15, -0.1) is 0 Å². The van der Waals surface area contributed by atoms with Crippen molar-refractivity contribution in [2.24, 2.45) is 0 Å². The first-order chi connectivity index (χ1) is 13.0. The van der Waals surface area contributed by atoms with Crippen LogP contribution < -0.4 is 5.32 Å². The van der Waals surface area contributed by atoms with Crippen molar-refractivity contribution in [3.05, 3.63) is 69.7 Å². The fourth-order valence-electron chi connectivity index (χ4n) is 2.83. The highest BCUT2D eigenvalue weighted by Gasteiger charge is 2.28. The molecule has 0 heterocycles. The molecule has 2 aromatic rings. The molecule has 0 spiro atoms. The molecule has 150 valence electrons. The molecule has 5 heteroatoms. The lowest BCUT2D eigenvalue weighted by Gasteiger charge is -2.31. The van der Waals surface area contributed by atoms with Crippen molar-refractivity contribution in [3.63, 3.8) is 0 Å². The SMILES string of the molecule is Cc1ccc(CC(=O)N(Cc2ccc(Br)cc2)[C@@H](C)C(=O)NC(C)(C)C)cc1. The predicted octanol–water partition coefficient (Wildman–Crippen LogP) is 4.63. The van der Waals surface area contributed by atoms with Crippen LogP contribution in [0.25, 0.3) is 0 Å². The molecule has 0 aliphatic carbocycles. The van der Waals surface area contributed by atoms with E-state index < -0.39 is 6.04 Å². The van der Waals surface area contributed by atoms with Gasteiger partial charge >= 0.3 is 0 Å². The van der Waals surface area contributed by atoms with E-state index in [4.69, 9.17) is 0 Å². The number of nitrogens with one attached hydrogen (secondary N) is 1. The molecule has 0 aliphatic rings. The molecule has 2 aromatic carbocycles. The Balaban J connectivity index is 2.23. The maximum Gasteiger partial charge on any atom is 0.242 e. The van der Waals surface area contributed by atoms with Crippen molar-refractivity contribution in [2.45, 2.75) is 59.2 Å². The molecular formula is C23H29BrN2O2. The fraction of sp³-hybridized carbons (Fsp3) is 0.391. The zero-order chi connectivity index (χ0) is 20.9. The van der Waals surface area contributed by atoms with Gasteiger partial charge in [0.1, 0.15) is 6.04 Å². The average molecular weight is 445 g/mol. The Morgan fingerprint density at radius 1 is 1.00 bits per heavy atom. The topological polar surface area (TPSA) is 49.4 Å². The van der Waals surface area contributed by atoms with Gasteiger partial charge in [0.25, 0.3) is 0 Å². The summed E-state index contributed by atoms with van der Waals surface area (Å²) in [6.45, 7) is 9.99. The zero-order valence-corrected chi connectivity index (χ0v) is 18.8. The highest BCUT2D eigenvalue weighted by atomic mass is 79.9. The van der Waals surface area contributed by atoms with Gasteiger partial charge in [-0.3, -0.25) is 9.59 Å². The van der Waals surface area contributed by atoms with Crippen LogP contribution in [-0.4, -0.2) is 28.3 Å². The molecule has 0 bridgehead atoms. The summed E-state index contributed by atoms with van der Waals surface area (Å²) in [5, 5.41) is 2.98. The number of benzene rings is 2. The molecule has 0 unspecified atom stereocenters. The smallest absolute Gasteiger partial charge is 0.242 e. The molecule has 2 amide bonds. The third kappa shape index (κ3) is 6.79. The van der Waals surface area contributed by atoms with Gasteiger partial charge in [-0.2, -0.15) is 0 Å². The summed E-state index contributed by atoms with van der Waals surface area (Å²) in [5.74, 6) is -0.217. The second-order valence-corrected chi connectivity index (χ2v) is 9.14. The van der Waals surface area contributed by atoms with E-state index in [2.05, 4.69) is 21.2 Å². The van der Waals surface area contributed by atoms with Crippen molar-refractivity contribution in [2.75, 3.05) is 0 Å². The normalized spacial score (nSPS) is 12.4. The first-order valence-corrected chi connectivity index (χ1v) is 10.3. The Bertz CT molecular complexity index is 808. The van der Waals surface area contributed by atoms with Crippen molar-refractivity contribution in [1.29, 1.82) is 0 Å². The van der Waals surface area contributed by atoms with Crippen LogP contribution in [0.2, 0.25) is 0 Å². The summed E-state index contributed by atoms with van der Waals surface area (Å²) in [6.07, 6.45) is 0.268. The molecule has 0 fully saturated rings. The second kappa shape index (κ2) is 9.37. The van der Waals surface area contributed by atoms with Gasteiger partial charge in [0.2, 0.25) is 11.8 Å². The molecule has 1 N–H and O–H groups in total. The van der Waals surface area contributed by atoms with Gasteiger partial charge < -0.3 is 10.2 Å². The second-order valence-electron chi connectivity index (χ2n) is 8.23. The number of carbonyl (C=O) groups excluding carboxylic acids is 2. The number of halogens is 1. The van der Waals surface area contributed by atoms with Gasteiger partial charge in [-0.25, -0.2) is 0 Å². The van der Waals surface area contributed by atoms with Crippen LogP contribution in [0.5, 0.6) is 0 Å². The number of nitrogens with zero attached hydrogens (tertiary/aromatic N) is 1. The summed E-state index contributed by atoms with van der Waals surface area (Å²) in [7, 11) is 0. The summed E-state index contributed by atoms with van der Waals surface area (Å²) in [6, 6.07) is 15.2. The minimum absolute atomic E-state index is 0.0664. The maximum absolute atomic E-state index is 13.1. The molecule has 0 radical (unpaired) electrons. The van der Waals surface area contributed by atoms with Crippen LogP contribution >= 0.6 is 15.9 Å². The molecule has 2 rings (SSSR count). The first kappa shape index (κ1) is 22.2. The van der Waals surface area contributed by atoms with E-state index in [9.17, 15) is 9.59 Å². The van der Waals surface area contributed by atoms with E-state index >= 15 is 0 Å². The summed E-state index contributed by atoms with van der Waals surface area (Å²) < 4.78 is 0.979. The summed E-state index contributed by atoms with van der Waals surface area (Å²) in [4.78, 5) is 27.5. The van der Waals surface area contributed by atoms with Crippen LogP contribution in [0.4, 0.5) is 0 Å². The number of carbonyl (C=O) groups is 2. The Kier molecular flexibility index (Phi) is 7.41. The Labute approximate surface area is 176 Å². The molecular weight excluding hydrogens is 416 g/mol. The van der Waals surface area contributed by atoms with Crippen LogP contribution in [0.1, 0.15) is 44.4 Å². The number of rotatable bonds is 6. The molecule has 0 saturated heterocycles. The van der Waals surface area contributed by atoms with Gasteiger partial charge in [-0.1, -0.05) is 57.9 Å². The largest absolute Gasteiger partial charge is 0.350 e. The Morgan fingerprint density at radius 3 is 2.07 bits per heavy atom. The van der Waals surface area contributed by atoms with Gasteiger partial charge in [0.05, 0.1) is 6.42 Å². The van der Waals surface area contributed by atoms with E-state index in [0.29, 0.717) is 6.54 Å². The van der Waals surface area contributed by atoms with E-state index in [-0.39, 0.29) is 23.8 Å². The van der Waals surface area contributed by atoms with Crippen LogP contribution in [0.15, 0.2) is 53.0 Å². The quantitative estimate of drug-likeness (QED) is 0.705. The first-order valence-electron chi connectivity index (χ1n) is 9.46. The Hall–Kier alpha value is -2.14. The third-order valence-electron chi connectivity index (χ3n) is 4.41. The molecule has 0 aliphatic heterocycles. The van der Waals surface area contributed by atoms with E-state index in [1.54, 1.807) is 11.8 Å². The fourth-order valence-corrected chi connectivity index (χ4v) is 3.09. The zero-order valence-electron chi connectivity index (χ0n) is 17.3. The molecule has 28 heavy (non-hydrogen) atoms. The molecule has 0 saturated carbocycles. The van der Waals surface area contributed by atoms with Crippen molar-refractivity contribution >= 4 is 27.7 Å². The van der Waals surface area contributed by atoms with Crippen molar-refractivity contribution in [3.8, 4) is 0 Å². The highest BCUT2D eigenvalue weighted by Crippen LogP contribution is 2.16. The molecule has 0 aromatic heterocycles. The number of hydrogen-bond donors (Lipinski definition) is 1. The minimum Gasteiger partial charge on any atom is -0.350 e. The lowest BCUT2D eigenvalue weighted by atomic mass is 10.1. The molecule has 4 nitrogen and oxygen atoms in total. The molecule has 1 atom stereocenters. The number of aryl methyl sites for hydroxylation is 1. The van der Waals surface area contributed by atoms with Crippen LogP contribution in [0.3, 0.4) is 0 Å². The third-order valence-corrected chi connectivity index (χ3v) is 4.94. The minimum atomic E-state index is -0.569. The summed E-state index contributed by atoms with van der Waals surface area (Å²) >= 11 is 3.43. The van der Waals surface area contributed by atoms with Crippen molar-refractivity contribution in [1.82, 2.24) is 10.2 Å². The highest BCUT2D eigenvalue weighted by molar-refractivity contribution is 9.10. The van der Waals surface area contributed by atoms with Gasteiger partial charge in [-0.05, 0) is 57.9 Å². The van der Waals surface area contributed by atoms with Crippen LogP contribution in [-0.2, 0) is 22.6 Å². The average Bonchev–Trinajstić information content (AvgIpc) is 2.61. The number of hydrogen-bond acceptors (Lipinski definition) is 2. The number of amides is 2. The van der Waals surface area contributed by atoms with Crippen LogP contribution in [0, 0.1) is 6.92 Å². The van der Waals surface area contributed by atoms with E-state index in [1.165, 1.54) is 0 Å².